The maximum absolute atomic E-state index is 12.1. The Labute approximate surface area is 128 Å². The number of nitrogen functional groups attached to an aromatic ring is 1. The van der Waals surface area contributed by atoms with Crippen molar-refractivity contribution >= 4 is 22.4 Å². The zero-order valence-electron chi connectivity index (χ0n) is 12.3. The molecule has 0 spiro atoms. The number of anilines is 1. The second-order valence-corrected chi connectivity index (χ2v) is 5.89. The lowest BCUT2D eigenvalue weighted by Gasteiger charge is -2.16. The summed E-state index contributed by atoms with van der Waals surface area (Å²) in [6.45, 7) is 5.87. The number of nitrogens with one attached hydrogen (secondary N) is 1. The van der Waals surface area contributed by atoms with Gasteiger partial charge in [0.15, 0.2) is 5.13 Å². The van der Waals surface area contributed by atoms with Crippen LogP contribution in [-0.2, 0) is 0 Å². The van der Waals surface area contributed by atoms with Crippen molar-refractivity contribution in [2.24, 2.45) is 0 Å². The standard InChI is InChI=1S/C15H19N3O2S/c1-9(2)20-12-6-4-5-11(7-12)10(3)17-14(19)13-8-21-15(16)18-13/h4-10H,1-3H3,(H2,16,18)(H,17,19). The van der Waals surface area contributed by atoms with E-state index in [1.807, 2.05) is 45.0 Å². The van der Waals surface area contributed by atoms with Gasteiger partial charge in [-0.05, 0) is 38.5 Å². The van der Waals surface area contributed by atoms with Gasteiger partial charge in [0.2, 0.25) is 0 Å². The van der Waals surface area contributed by atoms with Crippen LogP contribution < -0.4 is 15.8 Å². The first kappa shape index (κ1) is 15.3. The van der Waals surface area contributed by atoms with E-state index in [2.05, 4.69) is 10.3 Å². The van der Waals surface area contributed by atoms with Crippen LogP contribution >= 0.6 is 11.3 Å². The molecule has 1 aromatic heterocycles. The second-order valence-electron chi connectivity index (χ2n) is 5.01. The Morgan fingerprint density at radius 3 is 2.76 bits per heavy atom. The summed E-state index contributed by atoms with van der Waals surface area (Å²) in [6, 6.07) is 7.56. The highest BCUT2D eigenvalue weighted by atomic mass is 32.1. The highest BCUT2D eigenvalue weighted by molar-refractivity contribution is 7.13. The number of ether oxygens (including phenoxy) is 1. The Bertz CT molecular complexity index is 625. The topological polar surface area (TPSA) is 77.2 Å². The molecule has 0 aliphatic carbocycles. The SMILES string of the molecule is CC(C)Oc1cccc(C(C)NC(=O)c2csc(N)n2)c1. The predicted octanol–water partition coefficient (Wildman–Crippen LogP) is 3.00. The zero-order valence-corrected chi connectivity index (χ0v) is 13.1. The molecule has 0 saturated heterocycles. The van der Waals surface area contributed by atoms with E-state index in [1.54, 1.807) is 5.38 Å². The molecule has 0 fully saturated rings. The molecule has 1 amide bonds. The van der Waals surface area contributed by atoms with Crippen LogP contribution in [0.15, 0.2) is 29.6 Å². The van der Waals surface area contributed by atoms with Crippen molar-refractivity contribution in [2.75, 3.05) is 5.73 Å². The lowest BCUT2D eigenvalue weighted by Crippen LogP contribution is -2.27. The number of carbonyl (C=O) groups is 1. The minimum atomic E-state index is -0.231. The van der Waals surface area contributed by atoms with Gasteiger partial charge in [-0.25, -0.2) is 4.98 Å². The van der Waals surface area contributed by atoms with Gasteiger partial charge in [-0.1, -0.05) is 12.1 Å². The fourth-order valence-corrected chi connectivity index (χ4v) is 2.42. The maximum Gasteiger partial charge on any atom is 0.271 e. The number of rotatable bonds is 5. The molecule has 1 aromatic carbocycles. The minimum absolute atomic E-state index is 0.114. The molecule has 3 N–H and O–H groups in total. The van der Waals surface area contributed by atoms with Crippen LogP contribution in [-0.4, -0.2) is 17.0 Å². The van der Waals surface area contributed by atoms with E-state index < -0.39 is 0 Å². The number of hydrogen-bond acceptors (Lipinski definition) is 5. The van der Waals surface area contributed by atoms with Gasteiger partial charge in [0.25, 0.3) is 5.91 Å². The first-order valence-electron chi connectivity index (χ1n) is 6.74. The Morgan fingerprint density at radius 1 is 1.38 bits per heavy atom. The van der Waals surface area contributed by atoms with Crippen LogP contribution in [0.1, 0.15) is 42.9 Å². The van der Waals surface area contributed by atoms with Gasteiger partial charge < -0.3 is 15.8 Å². The van der Waals surface area contributed by atoms with Crippen LogP contribution in [0.2, 0.25) is 0 Å². The van der Waals surface area contributed by atoms with E-state index in [-0.39, 0.29) is 18.1 Å². The maximum atomic E-state index is 12.1. The molecular formula is C15H19N3O2S. The molecule has 21 heavy (non-hydrogen) atoms. The lowest BCUT2D eigenvalue weighted by atomic mass is 10.1. The van der Waals surface area contributed by atoms with Gasteiger partial charge in [-0.3, -0.25) is 4.79 Å². The van der Waals surface area contributed by atoms with Gasteiger partial charge in [0.05, 0.1) is 12.1 Å². The van der Waals surface area contributed by atoms with E-state index in [0.717, 1.165) is 11.3 Å². The van der Waals surface area contributed by atoms with E-state index in [9.17, 15) is 4.79 Å². The van der Waals surface area contributed by atoms with E-state index in [0.29, 0.717) is 10.8 Å². The second kappa shape index (κ2) is 6.58. The van der Waals surface area contributed by atoms with E-state index in [1.165, 1.54) is 11.3 Å². The molecule has 112 valence electrons. The molecule has 0 saturated carbocycles. The third-order valence-corrected chi connectivity index (χ3v) is 3.51. The summed E-state index contributed by atoms with van der Waals surface area (Å²) >= 11 is 1.25. The number of aromatic nitrogens is 1. The molecule has 1 heterocycles. The van der Waals surface area contributed by atoms with Crippen LogP contribution in [0.25, 0.3) is 0 Å². The number of carbonyl (C=O) groups excluding carboxylic acids is 1. The number of thiazole rings is 1. The van der Waals surface area contributed by atoms with Crippen LogP contribution in [0.3, 0.4) is 0 Å². The molecule has 1 unspecified atom stereocenters. The van der Waals surface area contributed by atoms with Gasteiger partial charge in [0, 0.05) is 5.38 Å². The molecule has 2 rings (SSSR count). The monoisotopic (exact) mass is 305 g/mol. The van der Waals surface area contributed by atoms with Gasteiger partial charge >= 0.3 is 0 Å². The van der Waals surface area contributed by atoms with Crippen LogP contribution in [0.4, 0.5) is 5.13 Å². The third kappa shape index (κ3) is 4.19. The van der Waals surface area contributed by atoms with Gasteiger partial charge in [-0.2, -0.15) is 0 Å². The van der Waals surface area contributed by atoms with Crippen molar-refractivity contribution in [2.45, 2.75) is 32.9 Å². The summed E-state index contributed by atoms with van der Waals surface area (Å²) in [5, 5.41) is 4.94. The largest absolute Gasteiger partial charge is 0.491 e. The fraction of sp³-hybridized carbons (Fsp3) is 0.333. The third-order valence-electron chi connectivity index (χ3n) is 2.83. The summed E-state index contributed by atoms with van der Waals surface area (Å²) in [6.07, 6.45) is 0.114. The van der Waals surface area contributed by atoms with Gasteiger partial charge in [-0.15, -0.1) is 11.3 Å². The normalized spacial score (nSPS) is 12.2. The lowest BCUT2D eigenvalue weighted by molar-refractivity contribution is 0.0935. The molecule has 1 atom stereocenters. The summed E-state index contributed by atoms with van der Waals surface area (Å²) in [7, 11) is 0. The minimum Gasteiger partial charge on any atom is -0.491 e. The van der Waals surface area contributed by atoms with Crippen molar-refractivity contribution in [1.82, 2.24) is 10.3 Å². The molecule has 0 aliphatic rings. The van der Waals surface area contributed by atoms with Crippen LogP contribution in [0, 0.1) is 0 Å². The predicted molar refractivity (Wildman–Crippen MR) is 84.6 cm³/mol. The van der Waals surface area contributed by atoms with E-state index >= 15 is 0 Å². The summed E-state index contributed by atoms with van der Waals surface area (Å²) in [5.74, 6) is 0.562. The number of benzene rings is 1. The number of amides is 1. The highest BCUT2D eigenvalue weighted by Gasteiger charge is 2.14. The fourth-order valence-electron chi connectivity index (χ4n) is 1.88. The number of hydrogen-bond donors (Lipinski definition) is 2. The molecule has 0 aliphatic heterocycles. The first-order chi connectivity index (χ1) is 9.95. The number of nitrogens with two attached hydrogens (primary N) is 1. The molecule has 5 nitrogen and oxygen atoms in total. The van der Waals surface area contributed by atoms with Crippen molar-refractivity contribution in [3.8, 4) is 5.75 Å². The van der Waals surface area contributed by atoms with Gasteiger partial charge in [0.1, 0.15) is 11.4 Å². The molecule has 6 heteroatoms. The molecule has 0 bridgehead atoms. The zero-order chi connectivity index (χ0) is 15.4. The number of nitrogens with zero attached hydrogens (tertiary/aromatic N) is 1. The molecular weight excluding hydrogens is 286 g/mol. The van der Waals surface area contributed by atoms with E-state index in [4.69, 9.17) is 10.5 Å². The molecule has 2 aromatic rings. The van der Waals surface area contributed by atoms with Crippen molar-refractivity contribution in [1.29, 1.82) is 0 Å². The summed E-state index contributed by atoms with van der Waals surface area (Å²) < 4.78 is 5.66. The Balaban J connectivity index is 2.06. The average Bonchev–Trinajstić information content (AvgIpc) is 2.85. The Kier molecular flexibility index (Phi) is 4.80. The highest BCUT2D eigenvalue weighted by Crippen LogP contribution is 2.20. The molecule has 0 radical (unpaired) electrons. The van der Waals surface area contributed by atoms with Crippen molar-refractivity contribution in [3.63, 3.8) is 0 Å². The summed E-state index contributed by atoms with van der Waals surface area (Å²) in [5.41, 5.74) is 6.86. The Morgan fingerprint density at radius 2 is 2.14 bits per heavy atom. The first-order valence-corrected chi connectivity index (χ1v) is 7.62. The quantitative estimate of drug-likeness (QED) is 0.890. The smallest absolute Gasteiger partial charge is 0.271 e. The Hall–Kier alpha value is -2.08. The van der Waals surface area contributed by atoms with Crippen LogP contribution in [0.5, 0.6) is 5.75 Å². The van der Waals surface area contributed by atoms with Crippen molar-refractivity contribution < 1.29 is 9.53 Å². The van der Waals surface area contributed by atoms with Crippen molar-refractivity contribution in [3.05, 3.63) is 40.9 Å². The summed E-state index contributed by atoms with van der Waals surface area (Å²) in [4.78, 5) is 16.0. The average molecular weight is 305 g/mol.